The Labute approximate surface area is 264 Å². The molecular weight excluding hydrogens is 595 g/mol. The Balaban J connectivity index is 1.67. The number of ether oxygens (including phenoxy) is 2. The van der Waals surface area contributed by atoms with E-state index in [4.69, 9.17) is 14.5 Å². The van der Waals surface area contributed by atoms with Crippen molar-refractivity contribution < 1.29 is 19.1 Å². The van der Waals surface area contributed by atoms with Crippen LogP contribution in [0.15, 0.2) is 74.5 Å². The largest absolute Gasteiger partial charge is 0.465 e. The predicted octanol–water partition coefficient (Wildman–Crippen LogP) is 5.41. The molecule has 0 saturated carbocycles. The lowest BCUT2D eigenvalue weighted by molar-refractivity contribution is -0.143. The standard InChI is InChI=1S/C34H35N3O5S2/c1-18(2)42-33(40)29-21(5)35-34-37(30(29)23-12-14-25(43-8)15-13-23)31(38)28(44-34)17-24-16-19(3)36(22(24)6)27-11-9-10-26(20(27)4)32(39)41-7/h9-18,30H,1-8H3/b28-17-/t30-/m0/s1. The quantitative estimate of drug-likeness (QED) is 0.201. The van der Waals surface area contributed by atoms with Gasteiger partial charge in [0.2, 0.25) is 0 Å². The van der Waals surface area contributed by atoms with Crippen molar-refractivity contribution in [2.24, 2.45) is 4.99 Å². The summed E-state index contributed by atoms with van der Waals surface area (Å²) >= 11 is 2.92. The van der Waals surface area contributed by atoms with Crippen LogP contribution < -0.4 is 14.9 Å². The number of carbonyl (C=O) groups is 2. The number of rotatable bonds is 7. The molecule has 5 rings (SSSR count). The lowest BCUT2D eigenvalue weighted by atomic mass is 9.96. The second-order valence-electron chi connectivity index (χ2n) is 10.9. The number of aryl methyl sites for hydroxylation is 1. The molecule has 0 spiro atoms. The van der Waals surface area contributed by atoms with E-state index in [-0.39, 0.29) is 11.7 Å². The van der Waals surface area contributed by atoms with E-state index < -0.39 is 18.0 Å². The lowest BCUT2D eigenvalue weighted by Crippen LogP contribution is -2.40. The van der Waals surface area contributed by atoms with Gasteiger partial charge in [0.15, 0.2) is 4.80 Å². The summed E-state index contributed by atoms with van der Waals surface area (Å²) in [6, 6.07) is 14.8. The van der Waals surface area contributed by atoms with Gasteiger partial charge in [-0.25, -0.2) is 14.6 Å². The minimum atomic E-state index is -0.674. The van der Waals surface area contributed by atoms with E-state index in [1.165, 1.54) is 18.4 Å². The number of benzene rings is 2. The van der Waals surface area contributed by atoms with Crippen molar-refractivity contribution in [2.75, 3.05) is 13.4 Å². The second-order valence-corrected chi connectivity index (χ2v) is 12.8. The van der Waals surface area contributed by atoms with Gasteiger partial charge in [-0.05, 0) is 101 Å². The third-order valence-electron chi connectivity index (χ3n) is 7.72. The zero-order valence-corrected chi connectivity index (χ0v) is 27.7. The van der Waals surface area contributed by atoms with Gasteiger partial charge < -0.3 is 14.0 Å². The zero-order chi connectivity index (χ0) is 31.9. The molecule has 0 saturated heterocycles. The topological polar surface area (TPSA) is 91.9 Å². The first-order chi connectivity index (χ1) is 21.0. The van der Waals surface area contributed by atoms with Crippen LogP contribution in [-0.2, 0) is 14.3 Å². The lowest BCUT2D eigenvalue weighted by Gasteiger charge is -2.25. The summed E-state index contributed by atoms with van der Waals surface area (Å²) in [5.41, 5.74) is 6.36. The number of thioether (sulfide) groups is 1. The number of methoxy groups -OCH3 is 1. The van der Waals surface area contributed by atoms with Gasteiger partial charge in [0.25, 0.3) is 5.56 Å². The van der Waals surface area contributed by atoms with Crippen molar-refractivity contribution in [2.45, 2.75) is 58.6 Å². The van der Waals surface area contributed by atoms with Crippen LogP contribution in [0, 0.1) is 20.8 Å². The van der Waals surface area contributed by atoms with E-state index in [9.17, 15) is 14.4 Å². The predicted molar refractivity (Wildman–Crippen MR) is 175 cm³/mol. The van der Waals surface area contributed by atoms with Crippen LogP contribution in [0.5, 0.6) is 0 Å². The molecule has 0 bridgehead atoms. The molecule has 0 fully saturated rings. The number of thiazole rings is 1. The zero-order valence-electron chi connectivity index (χ0n) is 26.1. The molecule has 10 heteroatoms. The SMILES string of the molecule is COC(=O)c1cccc(-n2c(C)cc(/C=c3\sc4n(c3=O)[C@@H](c3ccc(SC)cc3)C(C(=O)OC(C)C)=C(C)N=4)c2C)c1C. The van der Waals surface area contributed by atoms with Crippen LogP contribution in [0.1, 0.15) is 65.2 Å². The van der Waals surface area contributed by atoms with E-state index in [0.717, 1.165) is 38.7 Å². The molecule has 1 aliphatic rings. The molecule has 2 aromatic carbocycles. The molecule has 0 amide bonds. The molecule has 228 valence electrons. The first-order valence-electron chi connectivity index (χ1n) is 14.2. The highest BCUT2D eigenvalue weighted by atomic mass is 32.2. The normalized spacial score (nSPS) is 14.9. The molecule has 1 aliphatic heterocycles. The van der Waals surface area contributed by atoms with Crippen LogP contribution in [0.25, 0.3) is 11.8 Å². The number of fused-ring (bicyclic) bond motifs is 1. The molecule has 0 N–H and O–H groups in total. The number of esters is 2. The number of nitrogens with zero attached hydrogens (tertiary/aromatic N) is 3. The first kappa shape index (κ1) is 31.3. The summed E-state index contributed by atoms with van der Waals surface area (Å²) in [6.45, 7) is 11.3. The maximum atomic E-state index is 14.1. The highest BCUT2D eigenvalue weighted by Gasteiger charge is 2.34. The molecular formula is C34H35N3O5S2. The average Bonchev–Trinajstić information content (AvgIpc) is 3.45. The fraction of sp³-hybridized carbons (Fsp3) is 0.294. The van der Waals surface area contributed by atoms with Crippen molar-refractivity contribution in [1.82, 2.24) is 9.13 Å². The van der Waals surface area contributed by atoms with Gasteiger partial charge in [-0.2, -0.15) is 0 Å². The molecule has 1 atom stereocenters. The molecule has 4 aromatic rings. The first-order valence-corrected chi connectivity index (χ1v) is 16.3. The van der Waals surface area contributed by atoms with Crippen LogP contribution in [-0.4, -0.2) is 40.5 Å². The van der Waals surface area contributed by atoms with Gasteiger partial charge in [-0.1, -0.05) is 29.5 Å². The minimum Gasteiger partial charge on any atom is -0.465 e. The summed E-state index contributed by atoms with van der Waals surface area (Å²) in [5, 5.41) is 0. The highest BCUT2D eigenvalue weighted by Crippen LogP contribution is 2.32. The van der Waals surface area contributed by atoms with Gasteiger partial charge in [0.1, 0.15) is 0 Å². The van der Waals surface area contributed by atoms with E-state index in [2.05, 4.69) is 4.57 Å². The van der Waals surface area contributed by atoms with Gasteiger partial charge in [0.05, 0.1) is 40.6 Å². The average molecular weight is 630 g/mol. The maximum absolute atomic E-state index is 14.1. The maximum Gasteiger partial charge on any atom is 0.338 e. The van der Waals surface area contributed by atoms with Crippen molar-refractivity contribution in [1.29, 1.82) is 0 Å². The van der Waals surface area contributed by atoms with Crippen molar-refractivity contribution in [3.8, 4) is 5.69 Å². The van der Waals surface area contributed by atoms with E-state index in [0.29, 0.717) is 26.2 Å². The summed E-state index contributed by atoms with van der Waals surface area (Å²) in [7, 11) is 1.37. The number of allylic oxidation sites excluding steroid dienone is 1. The molecule has 2 aromatic heterocycles. The van der Waals surface area contributed by atoms with E-state index in [1.807, 2.05) is 75.6 Å². The third-order valence-corrected chi connectivity index (χ3v) is 9.45. The highest BCUT2D eigenvalue weighted by molar-refractivity contribution is 7.98. The van der Waals surface area contributed by atoms with Crippen LogP contribution in [0.3, 0.4) is 0 Å². The van der Waals surface area contributed by atoms with Crippen LogP contribution in [0.4, 0.5) is 0 Å². The monoisotopic (exact) mass is 629 g/mol. The van der Waals surface area contributed by atoms with E-state index >= 15 is 0 Å². The number of hydrogen-bond acceptors (Lipinski definition) is 8. The fourth-order valence-corrected chi connectivity index (χ4v) is 7.05. The Morgan fingerprint density at radius 3 is 2.39 bits per heavy atom. The molecule has 44 heavy (non-hydrogen) atoms. The smallest absolute Gasteiger partial charge is 0.338 e. The number of hydrogen-bond donors (Lipinski definition) is 0. The van der Waals surface area contributed by atoms with Crippen LogP contribution >= 0.6 is 23.1 Å². The van der Waals surface area contributed by atoms with Gasteiger partial charge in [-0.3, -0.25) is 9.36 Å². The Kier molecular flexibility index (Phi) is 8.85. The molecule has 3 heterocycles. The van der Waals surface area contributed by atoms with Crippen molar-refractivity contribution in [3.63, 3.8) is 0 Å². The third kappa shape index (κ3) is 5.59. The molecule has 0 aliphatic carbocycles. The summed E-state index contributed by atoms with van der Waals surface area (Å²) in [4.78, 5) is 46.2. The fourth-order valence-electron chi connectivity index (χ4n) is 5.60. The summed E-state index contributed by atoms with van der Waals surface area (Å²) in [6.07, 6.45) is 3.56. The Hall–Kier alpha value is -4.15. The van der Waals surface area contributed by atoms with Crippen molar-refractivity contribution in [3.05, 3.63) is 113 Å². The van der Waals surface area contributed by atoms with E-state index in [1.54, 1.807) is 43.2 Å². The van der Waals surface area contributed by atoms with Gasteiger partial charge in [0, 0.05) is 22.0 Å². The van der Waals surface area contributed by atoms with Gasteiger partial charge >= 0.3 is 11.9 Å². The van der Waals surface area contributed by atoms with Gasteiger partial charge in [-0.15, -0.1) is 11.8 Å². The van der Waals surface area contributed by atoms with Crippen LogP contribution in [0.2, 0.25) is 0 Å². The molecule has 8 nitrogen and oxygen atoms in total. The minimum absolute atomic E-state index is 0.233. The number of aromatic nitrogens is 2. The summed E-state index contributed by atoms with van der Waals surface area (Å²) < 4.78 is 14.8. The number of carbonyl (C=O) groups excluding carboxylic acids is 2. The Morgan fingerprint density at radius 1 is 1.05 bits per heavy atom. The summed E-state index contributed by atoms with van der Waals surface area (Å²) in [5.74, 6) is -0.875. The Morgan fingerprint density at radius 2 is 1.75 bits per heavy atom. The second kappa shape index (κ2) is 12.5. The molecule has 0 unspecified atom stereocenters. The Bertz CT molecular complexity index is 2000. The van der Waals surface area contributed by atoms with Crippen molar-refractivity contribution >= 4 is 41.1 Å². The molecule has 0 radical (unpaired) electrons.